The average Bonchev–Trinajstić information content (AvgIpc) is 2.78. The van der Waals surface area contributed by atoms with Crippen LogP contribution in [0.4, 0.5) is 10.1 Å². The van der Waals surface area contributed by atoms with Crippen molar-refractivity contribution in [3.63, 3.8) is 0 Å². The first-order valence-electron chi connectivity index (χ1n) is 10.2. The SMILES string of the molecule is COc1cccc(CNCCc2ccccc2F)c1OCC(=O)Nc1ccc(C)cc1. The van der Waals surface area contributed by atoms with E-state index in [0.717, 1.165) is 11.1 Å². The number of halogens is 1. The van der Waals surface area contributed by atoms with Gasteiger partial charge in [0, 0.05) is 17.8 Å². The van der Waals surface area contributed by atoms with Crippen LogP contribution < -0.4 is 20.1 Å². The zero-order chi connectivity index (χ0) is 22.1. The van der Waals surface area contributed by atoms with E-state index in [9.17, 15) is 9.18 Å². The molecule has 0 fully saturated rings. The molecule has 0 aliphatic rings. The van der Waals surface area contributed by atoms with Crippen LogP contribution in [0, 0.1) is 12.7 Å². The number of rotatable bonds is 10. The summed E-state index contributed by atoms with van der Waals surface area (Å²) in [6, 6.07) is 19.9. The molecule has 6 heteroatoms. The number of amides is 1. The van der Waals surface area contributed by atoms with E-state index in [0.29, 0.717) is 42.3 Å². The molecule has 3 rings (SSSR count). The zero-order valence-electron chi connectivity index (χ0n) is 17.8. The predicted octanol–water partition coefficient (Wildman–Crippen LogP) is 4.49. The monoisotopic (exact) mass is 422 g/mol. The Labute approximate surface area is 182 Å². The number of methoxy groups -OCH3 is 1. The van der Waals surface area contributed by atoms with Gasteiger partial charge in [-0.1, -0.05) is 48.0 Å². The van der Waals surface area contributed by atoms with Gasteiger partial charge in [-0.05, 0) is 49.7 Å². The molecular weight excluding hydrogens is 395 g/mol. The summed E-state index contributed by atoms with van der Waals surface area (Å²) in [7, 11) is 1.56. The Bertz CT molecular complexity index is 1010. The van der Waals surface area contributed by atoms with Gasteiger partial charge in [0.1, 0.15) is 5.82 Å². The maximum atomic E-state index is 13.8. The Balaban J connectivity index is 1.57. The van der Waals surface area contributed by atoms with Gasteiger partial charge in [-0.15, -0.1) is 0 Å². The number of benzene rings is 3. The quantitative estimate of drug-likeness (QED) is 0.473. The highest BCUT2D eigenvalue weighted by atomic mass is 19.1. The molecule has 0 aliphatic carbocycles. The molecular formula is C25H27FN2O3. The summed E-state index contributed by atoms with van der Waals surface area (Å²) < 4.78 is 25.0. The van der Waals surface area contributed by atoms with E-state index >= 15 is 0 Å². The lowest BCUT2D eigenvalue weighted by atomic mass is 10.1. The number of ether oxygens (including phenoxy) is 2. The number of hydrogen-bond donors (Lipinski definition) is 2. The van der Waals surface area contributed by atoms with Gasteiger partial charge >= 0.3 is 0 Å². The maximum absolute atomic E-state index is 13.8. The van der Waals surface area contributed by atoms with Crippen LogP contribution in [0.1, 0.15) is 16.7 Å². The number of anilines is 1. The third-order valence-corrected chi connectivity index (χ3v) is 4.81. The van der Waals surface area contributed by atoms with E-state index in [1.165, 1.54) is 6.07 Å². The molecule has 0 saturated carbocycles. The van der Waals surface area contributed by atoms with Crippen LogP contribution in [-0.2, 0) is 17.8 Å². The molecule has 0 bridgehead atoms. The molecule has 3 aromatic rings. The molecule has 0 saturated heterocycles. The van der Waals surface area contributed by atoms with E-state index in [2.05, 4.69) is 10.6 Å². The Morgan fingerprint density at radius 3 is 2.45 bits per heavy atom. The summed E-state index contributed by atoms with van der Waals surface area (Å²) in [6.07, 6.45) is 0.575. The van der Waals surface area contributed by atoms with Crippen molar-refractivity contribution in [2.45, 2.75) is 19.9 Å². The van der Waals surface area contributed by atoms with Gasteiger partial charge in [0.25, 0.3) is 5.91 Å². The second-order valence-corrected chi connectivity index (χ2v) is 7.17. The molecule has 162 valence electrons. The average molecular weight is 423 g/mol. The second-order valence-electron chi connectivity index (χ2n) is 7.17. The lowest BCUT2D eigenvalue weighted by molar-refractivity contribution is -0.118. The fraction of sp³-hybridized carbons (Fsp3) is 0.240. The number of nitrogens with one attached hydrogen (secondary N) is 2. The Hall–Kier alpha value is -3.38. The van der Waals surface area contributed by atoms with Crippen molar-refractivity contribution in [2.24, 2.45) is 0 Å². The first-order valence-corrected chi connectivity index (χ1v) is 10.2. The second kappa shape index (κ2) is 11.1. The van der Waals surface area contributed by atoms with Crippen molar-refractivity contribution in [3.8, 4) is 11.5 Å². The van der Waals surface area contributed by atoms with Crippen molar-refractivity contribution < 1.29 is 18.7 Å². The van der Waals surface area contributed by atoms with Crippen molar-refractivity contribution in [1.82, 2.24) is 5.32 Å². The van der Waals surface area contributed by atoms with Crippen molar-refractivity contribution >= 4 is 11.6 Å². The van der Waals surface area contributed by atoms with Crippen LogP contribution in [0.25, 0.3) is 0 Å². The number of hydrogen-bond acceptors (Lipinski definition) is 4. The normalized spacial score (nSPS) is 10.5. The molecule has 3 aromatic carbocycles. The fourth-order valence-corrected chi connectivity index (χ4v) is 3.14. The molecule has 0 spiro atoms. The molecule has 0 unspecified atom stereocenters. The van der Waals surface area contributed by atoms with Gasteiger partial charge in [-0.3, -0.25) is 4.79 Å². The van der Waals surface area contributed by atoms with Crippen molar-refractivity contribution in [2.75, 3.05) is 25.6 Å². The Morgan fingerprint density at radius 1 is 0.968 bits per heavy atom. The van der Waals surface area contributed by atoms with Gasteiger partial charge in [-0.2, -0.15) is 0 Å². The summed E-state index contributed by atoms with van der Waals surface area (Å²) in [5.41, 5.74) is 3.37. The first kappa shape index (κ1) is 22.3. The Kier molecular flexibility index (Phi) is 8.01. The Morgan fingerprint density at radius 2 is 1.71 bits per heavy atom. The molecule has 0 atom stereocenters. The molecule has 0 radical (unpaired) electrons. The van der Waals surface area contributed by atoms with Gasteiger partial charge < -0.3 is 20.1 Å². The van der Waals surface area contributed by atoms with Gasteiger partial charge in [0.2, 0.25) is 0 Å². The lowest BCUT2D eigenvalue weighted by Crippen LogP contribution is -2.22. The van der Waals surface area contributed by atoms with E-state index in [-0.39, 0.29) is 18.3 Å². The summed E-state index contributed by atoms with van der Waals surface area (Å²) >= 11 is 0. The van der Waals surface area contributed by atoms with Crippen molar-refractivity contribution in [3.05, 3.63) is 89.2 Å². The molecule has 2 N–H and O–H groups in total. The largest absolute Gasteiger partial charge is 0.493 e. The van der Waals surface area contributed by atoms with Gasteiger partial charge in [-0.25, -0.2) is 4.39 Å². The molecule has 5 nitrogen and oxygen atoms in total. The summed E-state index contributed by atoms with van der Waals surface area (Å²) in [5.74, 6) is 0.613. The van der Waals surface area contributed by atoms with Gasteiger partial charge in [0.15, 0.2) is 18.1 Å². The van der Waals surface area contributed by atoms with Crippen LogP contribution in [0.3, 0.4) is 0 Å². The molecule has 0 aromatic heterocycles. The highest BCUT2D eigenvalue weighted by Crippen LogP contribution is 2.31. The summed E-state index contributed by atoms with van der Waals surface area (Å²) in [4.78, 5) is 12.3. The highest BCUT2D eigenvalue weighted by Gasteiger charge is 2.13. The summed E-state index contributed by atoms with van der Waals surface area (Å²) in [5, 5.41) is 6.12. The summed E-state index contributed by atoms with van der Waals surface area (Å²) in [6.45, 7) is 2.95. The third-order valence-electron chi connectivity index (χ3n) is 4.81. The van der Waals surface area contributed by atoms with E-state index in [4.69, 9.17) is 9.47 Å². The first-order chi connectivity index (χ1) is 15.1. The van der Waals surface area contributed by atoms with Gasteiger partial charge in [0.05, 0.1) is 7.11 Å². The van der Waals surface area contributed by atoms with Crippen LogP contribution in [0.5, 0.6) is 11.5 Å². The van der Waals surface area contributed by atoms with Crippen LogP contribution in [0.15, 0.2) is 66.7 Å². The molecule has 0 aliphatic heterocycles. The lowest BCUT2D eigenvalue weighted by Gasteiger charge is -2.15. The van der Waals surface area contributed by atoms with E-state index < -0.39 is 0 Å². The number of aryl methyl sites for hydroxylation is 1. The minimum Gasteiger partial charge on any atom is -0.493 e. The minimum atomic E-state index is -0.256. The molecule has 0 heterocycles. The smallest absolute Gasteiger partial charge is 0.262 e. The number of carbonyl (C=O) groups excluding carboxylic acids is 1. The molecule has 31 heavy (non-hydrogen) atoms. The van der Waals surface area contributed by atoms with E-state index in [1.54, 1.807) is 25.3 Å². The van der Waals surface area contributed by atoms with Crippen LogP contribution in [-0.4, -0.2) is 26.2 Å². The van der Waals surface area contributed by atoms with Crippen LogP contribution in [0.2, 0.25) is 0 Å². The molecule has 1 amide bonds. The highest BCUT2D eigenvalue weighted by molar-refractivity contribution is 5.91. The number of carbonyl (C=O) groups is 1. The van der Waals surface area contributed by atoms with E-state index in [1.807, 2.05) is 49.4 Å². The van der Waals surface area contributed by atoms with Crippen molar-refractivity contribution in [1.29, 1.82) is 0 Å². The minimum absolute atomic E-state index is 0.142. The van der Waals surface area contributed by atoms with Crippen LogP contribution >= 0.6 is 0 Å². The topological polar surface area (TPSA) is 59.6 Å². The predicted molar refractivity (Wildman–Crippen MR) is 120 cm³/mol. The third kappa shape index (κ3) is 6.55. The maximum Gasteiger partial charge on any atom is 0.262 e. The fourth-order valence-electron chi connectivity index (χ4n) is 3.14. The zero-order valence-corrected chi connectivity index (χ0v) is 17.8. The standard InChI is InChI=1S/C25H27FN2O3/c1-18-10-12-21(13-11-18)28-24(29)17-31-25-20(7-5-9-23(25)30-2)16-27-15-14-19-6-3-4-8-22(19)26/h3-13,27H,14-17H2,1-2H3,(H,28,29). The number of para-hydroxylation sites is 1.